The number of methoxy groups -OCH3 is 1. The molecule has 148 valence electrons. The molecule has 1 aromatic heterocycles. The summed E-state index contributed by atoms with van der Waals surface area (Å²) in [5.41, 5.74) is 2.09. The van der Waals surface area contributed by atoms with Gasteiger partial charge < -0.3 is 14.8 Å². The van der Waals surface area contributed by atoms with Crippen LogP contribution in [0.25, 0.3) is 10.9 Å². The van der Waals surface area contributed by atoms with Crippen molar-refractivity contribution in [2.45, 2.75) is 6.61 Å². The third kappa shape index (κ3) is 3.98. The lowest BCUT2D eigenvalue weighted by Crippen LogP contribution is -2.01. The lowest BCUT2D eigenvalue weighted by atomic mass is 10.2. The average Bonchev–Trinajstić information content (AvgIpc) is 2.79. The van der Waals surface area contributed by atoms with Crippen LogP contribution in [0.2, 0.25) is 0 Å². The summed E-state index contributed by atoms with van der Waals surface area (Å²) < 4.78 is 25.7. The molecule has 0 amide bonds. The van der Waals surface area contributed by atoms with Gasteiger partial charge in [0, 0.05) is 11.5 Å². The van der Waals surface area contributed by atoms with Gasteiger partial charge in [0.15, 0.2) is 11.5 Å². The van der Waals surface area contributed by atoms with Crippen LogP contribution >= 0.6 is 0 Å². The first kappa shape index (κ1) is 19.2. The van der Waals surface area contributed by atoms with Crippen molar-refractivity contribution in [3.8, 4) is 17.6 Å². The highest BCUT2D eigenvalue weighted by molar-refractivity contribution is 5.93. The minimum absolute atomic E-state index is 0.206. The molecule has 0 spiro atoms. The number of nitriles is 1. The van der Waals surface area contributed by atoms with Crippen LogP contribution < -0.4 is 14.8 Å². The van der Waals surface area contributed by atoms with Crippen molar-refractivity contribution in [1.82, 2.24) is 9.97 Å². The minimum Gasteiger partial charge on any atom is -0.493 e. The minimum atomic E-state index is -0.546. The van der Waals surface area contributed by atoms with Crippen LogP contribution in [0.15, 0.2) is 67.0 Å². The molecule has 1 N–H and O–H groups in total. The summed E-state index contributed by atoms with van der Waals surface area (Å²) in [5.74, 6) is 0.923. The van der Waals surface area contributed by atoms with E-state index < -0.39 is 5.82 Å². The van der Waals surface area contributed by atoms with Gasteiger partial charge in [-0.2, -0.15) is 5.26 Å². The number of rotatable bonds is 6. The van der Waals surface area contributed by atoms with Gasteiger partial charge in [0.05, 0.1) is 29.9 Å². The molecule has 0 saturated heterocycles. The number of anilines is 2. The SMILES string of the molecule is COc1cc2c(Nc3ccc(C#N)cc3F)ncnc2cc1OCc1ccccc1. The molecule has 0 atom stereocenters. The zero-order valence-electron chi connectivity index (χ0n) is 16.1. The number of halogens is 1. The number of ether oxygens (including phenoxy) is 2. The van der Waals surface area contributed by atoms with Crippen molar-refractivity contribution in [3.63, 3.8) is 0 Å². The second kappa shape index (κ2) is 8.45. The lowest BCUT2D eigenvalue weighted by Gasteiger charge is -2.14. The first-order valence-electron chi connectivity index (χ1n) is 9.14. The Balaban J connectivity index is 1.67. The second-order valence-corrected chi connectivity index (χ2v) is 6.45. The monoisotopic (exact) mass is 400 g/mol. The molecule has 7 heteroatoms. The van der Waals surface area contributed by atoms with Crippen molar-refractivity contribution in [3.05, 3.63) is 83.9 Å². The van der Waals surface area contributed by atoms with E-state index in [0.717, 1.165) is 5.56 Å². The van der Waals surface area contributed by atoms with Crippen LogP contribution in [-0.2, 0) is 6.61 Å². The zero-order valence-corrected chi connectivity index (χ0v) is 16.1. The van der Waals surface area contributed by atoms with Gasteiger partial charge in [0.1, 0.15) is 24.6 Å². The van der Waals surface area contributed by atoms with E-state index in [1.165, 1.54) is 24.5 Å². The maximum Gasteiger partial charge on any atom is 0.163 e. The smallest absolute Gasteiger partial charge is 0.163 e. The number of hydrogen-bond donors (Lipinski definition) is 1. The highest BCUT2D eigenvalue weighted by atomic mass is 19.1. The number of benzene rings is 3. The Hall–Kier alpha value is -4.18. The van der Waals surface area contributed by atoms with E-state index in [9.17, 15) is 4.39 Å². The van der Waals surface area contributed by atoms with Crippen LogP contribution in [-0.4, -0.2) is 17.1 Å². The third-order valence-electron chi connectivity index (χ3n) is 4.51. The molecule has 0 saturated carbocycles. The quantitative estimate of drug-likeness (QED) is 0.492. The highest BCUT2D eigenvalue weighted by Crippen LogP contribution is 2.35. The average molecular weight is 400 g/mol. The largest absolute Gasteiger partial charge is 0.493 e. The van der Waals surface area contributed by atoms with Crippen LogP contribution in [0.1, 0.15) is 11.1 Å². The summed E-state index contributed by atoms with van der Waals surface area (Å²) in [5, 5.41) is 12.5. The predicted molar refractivity (Wildman–Crippen MR) is 111 cm³/mol. The molecule has 3 aromatic carbocycles. The predicted octanol–water partition coefficient (Wildman–Crippen LogP) is 4.97. The van der Waals surface area contributed by atoms with Gasteiger partial charge in [-0.3, -0.25) is 0 Å². The van der Waals surface area contributed by atoms with Crippen LogP contribution in [0.3, 0.4) is 0 Å². The molecule has 1 heterocycles. The molecule has 4 rings (SSSR count). The normalized spacial score (nSPS) is 10.4. The third-order valence-corrected chi connectivity index (χ3v) is 4.51. The molecule has 0 unspecified atom stereocenters. The van der Waals surface area contributed by atoms with Crippen LogP contribution in [0.4, 0.5) is 15.9 Å². The Bertz CT molecular complexity index is 1240. The van der Waals surface area contributed by atoms with Gasteiger partial charge in [-0.05, 0) is 29.8 Å². The maximum atomic E-state index is 14.3. The first-order chi connectivity index (χ1) is 14.7. The van der Waals surface area contributed by atoms with Gasteiger partial charge in [-0.1, -0.05) is 30.3 Å². The first-order valence-corrected chi connectivity index (χ1v) is 9.14. The van der Waals surface area contributed by atoms with Crippen LogP contribution in [0, 0.1) is 17.1 Å². The Morgan fingerprint density at radius 2 is 1.87 bits per heavy atom. The Morgan fingerprint density at radius 1 is 1.03 bits per heavy atom. The topological polar surface area (TPSA) is 80.1 Å². The Kier molecular flexibility index (Phi) is 5.39. The summed E-state index contributed by atoms with van der Waals surface area (Å²) in [4.78, 5) is 8.54. The van der Waals surface area contributed by atoms with Crippen molar-refractivity contribution < 1.29 is 13.9 Å². The fourth-order valence-electron chi connectivity index (χ4n) is 2.98. The molecule has 0 fully saturated rings. The fourth-order valence-corrected chi connectivity index (χ4v) is 2.98. The number of aromatic nitrogens is 2. The van der Waals surface area contributed by atoms with Gasteiger partial charge in [0.2, 0.25) is 0 Å². The van der Waals surface area contributed by atoms with E-state index in [4.69, 9.17) is 14.7 Å². The lowest BCUT2D eigenvalue weighted by molar-refractivity contribution is 0.285. The molecular weight excluding hydrogens is 383 g/mol. The van der Waals surface area contributed by atoms with Crippen molar-refractivity contribution in [1.29, 1.82) is 5.26 Å². The fraction of sp³-hybridized carbons (Fsp3) is 0.0870. The van der Waals surface area contributed by atoms with Gasteiger partial charge in [-0.15, -0.1) is 0 Å². The molecule has 0 aliphatic carbocycles. The van der Waals surface area contributed by atoms with E-state index in [2.05, 4.69) is 15.3 Å². The maximum absolute atomic E-state index is 14.3. The number of nitrogens with zero attached hydrogens (tertiary/aromatic N) is 3. The standard InChI is InChI=1S/C23H17FN4O2/c1-29-21-10-17-20(11-22(21)30-13-15-5-3-2-4-6-15)26-14-27-23(17)28-19-8-7-16(12-25)9-18(19)24/h2-11,14H,13H2,1H3,(H,26,27,28). The molecule has 30 heavy (non-hydrogen) atoms. The van der Waals surface area contributed by atoms with Crippen molar-refractivity contribution in [2.24, 2.45) is 0 Å². The molecule has 0 aliphatic heterocycles. The van der Waals surface area contributed by atoms with E-state index in [1.807, 2.05) is 36.4 Å². The van der Waals surface area contributed by atoms with E-state index >= 15 is 0 Å². The number of hydrogen-bond acceptors (Lipinski definition) is 6. The molecular formula is C23H17FN4O2. The molecule has 0 aliphatic rings. The summed E-state index contributed by atoms with van der Waals surface area (Å²) in [6, 6.07) is 19.4. The van der Waals surface area contributed by atoms with E-state index in [0.29, 0.717) is 34.8 Å². The molecule has 6 nitrogen and oxygen atoms in total. The summed E-state index contributed by atoms with van der Waals surface area (Å²) in [6.07, 6.45) is 1.39. The molecule has 0 bridgehead atoms. The summed E-state index contributed by atoms with van der Waals surface area (Å²) >= 11 is 0. The van der Waals surface area contributed by atoms with Gasteiger partial charge in [0.25, 0.3) is 0 Å². The van der Waals surface area contributed by atoms with Gasteiger partial charge in [-0.25, -0.2) is 14.4 Å². The number of fused-ring (bicyclic) bond motifs is 1. The van der Waals surface area contributed by atoms with E-state index in [1.54, 1.807) is 19.2 Å². The highest BCUT2D eigenvalue weighted by Gasteiger charge is 2.13. The Labute approximate surface area is 172 Å². The number of nitrogens with one attached hydrogen (secondary N) is 1. The van der Waals surface area contributed by atoms with Crippen LogP contribution in [0.5, 0.6) is 11.5 Å². The zero-order chi connectivity index (χ0) is 20.9. The second-order valence-electron chi connectivity index (χ2n) is 6.45. The molecule has 0 radical (unpaired) electrons. The molecule has 4 aromatic rings. The summed E-state index contributed by atoms with van der Waals surface area (Å²) in [7, 11) is 1.55. The van der Waals surface area contributed by atoms with E-state index in [-0.39, 0.29) is 11.3 Å². The van der Waals surface area contributed by atoms with Crippen molar-refractivity contribution in [2.75, 3.05) is 12.4 Å². The summed E-state index contributed by atoms with van der Waals surface area (Å²) in [6.45, 7) is 0.384. The van der Waals surface area contributed by atoms with Crippen molar-refractivity contribution >= 4 is 22.4 Å². The Morgan fingerprint density at radius 3 is 2.60 bits per heavy atom. The van der Waals surface area contributed by atoms with Gasteiger partial charge >= 0.3 is 0 Å².